The lowest BCUT2D eigenvalue weighted by atomic mass is 10.0. The number of hydrogen-bond donors (Lipinski definition) is 2. The van der Waals surface area contributed by atoms with Crippen molar-refractivity contribution in [1.82, 2.24) is 25.1 Å². The molecule has 1 amide bonds. The third kappa shape index (κ3) is 5.75. The zero-order valence-corrected chi connectivity index (χ0v) is 19.7. The summed E-state index contributed by atoms with van der Waals surface area (Å²) in [7, 11) is 0. The number of benzene rings is 2. The van der Waals surface area contributed by atoms with E-state index < -0.39 is 0 Å². The van der Waals surface area contributed by atoms with E-state index in [9.17, 15) is 4.79 Å². The number of thioether (sulfide) groups is 1. The van der Waals surface area contributed by atoms with Crippen LogP contribution >= 0.6 is 35.0 Å². The van der Waals surface area contributed by atoms with Gasteiger partial charge < -0.3 is 11.2 Å². The number of hydrogen-bond acceptors (Lipinski definition) is 6. The van der Waals surface area contributed by atoms with Crippen molar-refractivity contribution >= 4 is 40.9 Å². The summed E-state index contributed by atoms with van der Waals surface area (Å²) >= 11 is 13.4. The highest BCUT2D eigenvalue weighted by atomic mass is 35.5. The third-order valence-corrected chi connectivity index (χ3v) is 6.86. The summed E-state index contributed by atoms with van der Waals surface area (Å²) in [5, 5.41) is 12.7. The highest BCUT2D eigenvalue weighted by molar-refractivity contribution is 7.99. The first-order valence-electron chi connectivity index (χ1n) is 10.3. The Hall–Kier alpha value is -2.26. The standard InChI is InChI=1S/C22H24Cl2N6OS/c23-16-6-7-18(19(24)12-16)21-27-28-22(30(21)25)32-14-20(31)26-17-8-10-29(11-9-17)13-15-4-2-1-3-5-15/h1-7,12,17H,8-11,13-14,25H2,(H,26,31). The summed E-state index contributed by atoms with van der Waals surface area (Å²) in [4.78, 5) is 14.9. The summed E-state index contributed by atoms with van der Waals surface area (Å²) in [5.41, 5.74) is 1.95. The number of rotatable bonds is 7. The average Bonchev–Trinajstić information content (AvgIpc) is 3.14. The van der Waals surface area contributed by atoms with Gasteiger partial charge in [-0.15, -0.1) is 10.2 Å². The topological polar surface area (TPSA) is 89.1 Å². The second-order valence-electron chi connectivity index (χ2n) is 7.69. The lowest BCUT2D eigenvalue weighted by Gasteiger charge is -2.32. The number of amides is 1. The van der Waals surface area contributed by atoms with E-state index in [-0.39, 0.29) is 17.7 Å². The van der Waals surface area contributed by atoms with Gasteiger partial charge in [0.1, 0.15) is 0 Å². The summed E-state index contributed by atoms with van der Waals surface area (Å²) in [6.45, 7) is 2.88. The molecule has 32 heavy (non-hydrogen) atoms. The number of likely N-dealkylation sites (tertiary alicyclic amines) is 1. The molecule has 0 aliphatic carbocycles. The number of nitrogen functional groups attached to an aromatic ring is 1. The van der Waals surface area contributed by atoms with Gasteiger partial charge in [0.05, 0.1) is 10.8 Å². The fourth-order valence-corrected chi connectivity index (χ4v) is 4.87. The Kier molecular flexibility index (Phi) is 7.57. The van der Waals surface area contributed by atoms with E-state index in [1.165, 1.54) is 22.0 Å². The molecule has 0 unspecified atom stereocenters. The van der Waals surface area contributed by atoms with Crippen molar-refractivity contribution in [2.75, 3.05) is 24.7 Å². The Morgan fingerprint density at radius 3 is 2.59 bits per heavy atom. The molecule has 2 heterocycles. The molecule has 0 atom stereocenters. The summed E-state index contributed by atoms with van der Waals surface area (Å²) in [6, 6.07) is 15.7. The van der Waals surface area contributed by atoms with E-state index in [0.717, 1.165) is 32.5 Å². The Morgan fingerprint density at radius 2 is 1.88 bits per heavy atom. The molecule has 1 aliphatic heterocycles. The summed E-state index contributed by atoms with van der Waals surface area (Å²) < 4.78 is 1.34. The van der Waals surface area contributed by atoms with Crippen LogP contribution in [0.15, 0.2) is 53.7 Å². The van der Waals surface area contributed by atoms with Gasteiger partial charge in [-0.3, -0.25) is 9.69 Å². The molecule has 1 saturated heterocycles. The molecule has 3 N–H and O–H groups in total. The van der Waals surface area contributed by atoms with Crippen molar-refractivity contribution in [3.8, 4) is 11.4 Å². The van der Waals surface area contributed by atoms with Gasteiger partial charge in [-0.2, -0.15) is 0 Å². The highest BCUT2D eigenvalue weighted by Crippen LogP contribution is 2.30. The lowest BCUT2D eigenvalue weighted by Crippen LogP contribution is -2.44. The molecule has 4 rings (SSSR count). The van der Waals surface area contributed by atoms with Crippen molar-refractivity contribution in [2.24, 2.45) is 0 Å². The van der Waals surface area contributed by atoms with Crippen LogP contribution < -0.4 is 11.2 Å². The molecule has 7 nitrogen and oxygen atoms in total. The van der Waals surface area contributed by atoms with Crippen LogP contribution in [0.2, 0.25) is 10.0 Å². The van der Waals surface area contributed by atoms with Gasteiger partial charge >= 0.3 is 0 Å². The van der Waals surface area contributed by atoms with Gasteiger partial charge in [0.15, 0.2) is 5.82 Å². The van der Waals surface area contributed by atoms with Crippen LogP contribution in [0, 0.1) is 0 Å². The Balaban J connectivity index is 1.25. The molecule has 10 heteroatoms. The Morgan fingerprint density at radius 1 is 1.12 bits per heavy atom. The normalized spacial score (nSPS) is 15.1. The third-order valence-electron chi connectivity index (χ3n) is 5.37. The minimum Gasteiger partial charge on any atom is -0.353 e. The maximum absolute atomic E-state index is 12.5. The van der Waals surface area contributed by atoms with Crippen molar-refractivity contribution in [1.29, 1.82) is 0 Å². The quantitative estimate of drug-likeness (QED) is 0.386. The van der Waals surface area contributed by atoms with Crippen molar-refractivity contribution in [2.45, 2.75) is 30.6 Å². The van der Waals surface area contributed by atoms with E-state index in [0.29, 0.717) is 26.6 Å². The molecule has 0 spiro atoms. The fourth-order valence-electron chi connectivity index (χ4n) is 3.71. The summed E-state index contributed by atoms with van der Waals surface area (Å²) in [6.07, 6.45) is 1.88. The molecule has 168 valence electrons. The minimum absolute atomic E-state index is 0.0365. The van der Waals surface area contributed by atoms with Crippen LogP contribution in [0.4, 0.5) is 0 Å². The number of carbonyl (C=O) groups excluding carboxylic acids is 1. The number of nitrogens with two attached hydrogens (primary N) is 1. The van der Waals surface area contributed by atoms with Gasteiger partial charge in [0.25, 0.3) is 0 Å². The zero-order valence-electron chi connectivity index (χ0n) is 17.4. The van der Waals surface area contributed by atoms with Crippen molar-refractivity contribution in [3.63, 3.8) is 0 Å². The van der Waals surface area contributed by atoms with Crippen LogP contribution in [-0.2, 0) is 11.3 Å². The van der Waals surface area contributed by atoms with Gasteiger partial charge in [0, 0.05) is 36.3 Å². The van der Waals surface area contributed by atoms with Crippen LogP contribution in [-0.4, -0.2) is 50.6 Å². The molecule has 0 radical (unpaired) electrons. The van der Waals surface area contributed by atoms with Gasteiger partial charge in [0.2, 0.25) is 11.1 Å². The van der Waals surface area contributed by atoms with E-state index in [1.54, 1.807) is 18.2 Å². The molecule has 1 fully saturated rings. The van der Waals surface area contributed by atoms with Crippen molar-refractivity contribution in [3.05, 3.63) is 64.1 Å². The molecule has 3 aromatic rings. The number of carbonyl (C=O) groups is 1. The largest absolute Gasteiger partial charge is 0.353 e. The molecule has 1 aliphatic rings. The first-order chi connectivity index (χ1) is 15.5. The lowest BCUT2D eigenvalue weighted by molar-refractivity contribution is -0.119. The second kappa shape index (κ2) is 10.6. The van der Waals surface area contributed by atoms with Crippen LogP contribution in [0.3, 0.4) is 0 Å². The first kappa shape index (κ1) is 22.9. The maximum Gasteiger partial charge on any atom is 0.230 e. The fraction of sp³-hybridized carbons (Fsp3) is 0.318. The van der Waals surface area contributed by atoms with Gasteiger partial charge in [-0.05, 0) is 36.6 Å². The average molecular weight is 491 g/mol. The molecular weight excluding hydrogens is 467 g/mol. The first-order valence-corrected chi connectivity index (χ1v) is 12.1. The molecule has 1 aromatic heterocycles. The van der Waals surface area contributed by atoms with E-state index in [4.69, 9.17) is 29.0 Å². The van der Waals surface area contributed by atoms with E-state index >= 15 is 0 Å². The second-order valence-corrected chi connectivity index (χ2v) is 9.48. The predicted molar refractivity (Wildman–Crippen MR) is 129 cm³/mol. The molecule has 2 aromatic carbocycles. The maximum atomic E-state index is 12.5. The number of nitrogens with zero attached hydrogens (tertiary/aromatic N) is 4. The van der Waals surface area contributed by atoms with Crippen molar-refractivity contribution < 1.29 is 4.79 Å². The van der Waals surface area contributed by atoms with Crippen LogP contribution in [0.25, 0.3) is 11.4 Å². The SMILES string of the molecule is Nn1c(SCC(=O)NC2CCN(Cc3ccccc3)CC2)nnc1-c1ccc(Cl)cc1Cl. The van der Waals surface area contributed by atoms with E-state index in [1.807, 2.05) is 6.07 Å². The smallest absolute Gasteiger partial charge is 0.230 e. The monoisotopic (exact) mass is 490 g/mol. The number of nitrogens with one attached hydrogen (secondary N) is 1. The van der Waals surface area contributed by atoms with Gasteiger partial charge in [-0.1, -0.05) is 65.3 Å². The Bertz CT molecular complexity index is 1070. The van der Waals surface area contributed by atoms with Crippen LogP contribution in [0.1, 0.15) is 18.4 Å². The number of aromatic nitrogens is 3. The predicted octanol–water partition coefficient (Wildman–Crippen LogP) is 3.84. The number of halogens is 2. The molecule has 0 bridgehead atoms. The van der Waals surface area contributed by atoms with E-state index in [2.05, 4.69) is 44.7 Å². The molecule has 0 saturated carbocycles. The molecular formula is C22H24Cl2N6OS. The van der Waals surface area contributed by atoms with Gasteiger partial charge in [-0.25, -0.2) is 4.68 Å². The Labute approximate surface area is 201 Å². The van der Waals surface area contributed by atoms with Crippen LogP contribution in [0.5, 0.6) is 0 Å². The summed E-state index contributed by atoms with van der Waals surface area (Å²) in [5.74, 6) is 6.73. The zero-order chi connectivity index (χ0) is 22.5. The number of piperidine rings is 1. The minimum atomic E-state index is -0.0365. The highest BCUT2D eigenvalue weighted by Gasteiger charge is 2.21.